The summed E-state index contributed by atoms with van der Waals surface area (Å²) in [6.07, 6.45) is 2.12. The summed E-state index contributed by atoms with van der Waals surface area (Å²) in [4.78, 5) is 40.4. The van der Waals surface area contributed by atoms with Crippen LogP contribution in [0.25, 0.3) is 6.08 Å². The number of hydrogen-bond acceptors (Lipinski definition) is 6. The number of anilines is 2. The van der Waals surface area contributed by atoms with Crippen molar-refractivity contribution in [2.24, 2.45) is 0 Å². The molecule has 0 radical (unpaired) electrons. The van der Waals surface area contributed by atoms with Gasteiger partial charge < -0.3 is 25.4 Å². The summed E-state index contributed by atoms with van der Waals surface area (Å²) in [7, 11) is 3.09. The Morgan fingerprint density at radius 1 is 0.864 bits per heavy atom. The van der Waals surface area contributed by atoms with Crippen LogP contribution in [0, 0.1) is 0 Å². The Morgan fingerprint density at radius 2 is 1.64 bits per heavy atom. The average molecular weight is 630 g/mol. The van der Waals surface area contributed by atoms with E-state index in [1.54, 1.807) is 104 Å². The number of ether oxygens (including phenoxy) is 2. The third-order valence-corrected chi connectivity index (χ3v) is 7.98. The zero-order valence-corrected chi connectivity index (χ0v) is 26.0. The molecule has 1 atom stereocenters. The second kappa shape index (κ2) is 15.7. The van der Waals surface area contributed by atoms with Crippen molar-refractivity contribution in [3.8, 4) is 11.5 Å². The zero-order valence-electron chi connectivity index (χ0n) is 24.4. The van der Waals surface area contributed by atoms with E-state index in [1.807, 2.05) is 13.0 Å². The predicted octanol–water partition coefficient (Wildman–Crippen LogP) is 7.28. The Balaban J connectivity index is 1.50. The molecule has 0 aliphatic heterocycles. The maximum Gasteiger partial charge on any atom is 0.272 e. The molecule has 8 nitrogen and oxygen atoms in total. The third-order valence-electron chi connectivity index (χ3n) is 6.39. The molecular weight excluding hydrogens is 598 g/mol. The van der Waals surface area contributed by atoms with Crippen LogP contribution in [0.3, 0.4) is 0 Å². The highest BCUT2D eigenvalue weighted by atomic mass is 35.5. The minimum Gasteiger partial charge on any atom is -0.497 e. The lowest BCUT2D eigenvalue weighted by Gasteiger charge is -2.17. The van der Waals surface area contributed by atoms with Gasteiger partial charge in [-0.1, -0.05) is 54.9 Å². The number of thioether (sulfide) groups is 1. The third kappa shape index (κ3) is 8.89. The first kappa shape index (κ1) is 32.2. The highest BCUT2D eigenvalue weighted by Crippen LogP contribution is 2.32. The normalized spacial score (nSPS) is 11.7. The predicted molar refractivity (Wildman–Crippen MR) is 177 cm³/mol. The van der Waals surface area contributed by atoms with E-state index < -0.39 is 17.1 Å². The van der Waals surface area contributed by atoms with Gasteiger partial charge in [-0.15, -0.1) is 11.8 Å². The van der Waals surface area contributed by atoms with Gasteiger partial charge in [0.25, 0.3) is 11.8 Å². The number of halogens is 1. The van der Waals surface area contributed by atoms with Crippen molar-refractivity contribution < 1.29 is 23.9 Å². The van der Waals surface area contributed by atoms with Crippen LogP contribution in [-0.2, 0) is 9.59 Å². The monoisotopic (exact) mass is 629 g/mol. The Labute approximate surface area is 265 Å². The quantitative estimate of drug-likeness (QED) is 0.112. The molecule has 0 spiro atoms. The number of amides is 3. The van der Waals surface area contributed by atoms with Gasteiger partial charge in [0.05, 0.1) is 25.2 Å². The number of carbonyl (C=O) groups is 3. The summed E-state index contributed by atoms with van der Waals surface area (Å²) in [6.45, 7) is 1.93. The molecule has 3 amide bonds. The van der Waals surface area contributed by atoms with Crippen molar-refractivity contribution >= 4 is 58.5 Å². The van der Waals surface area contributed by atoms with Gasteiger partial charge in [-0.05, 0) is 72.7 Å². The number of rotatable bonds is 12. The van der Waals surface area contributed by atoms with Gasteiger partial charge >= 0.3 is 0 Å². The van der Waals surface area contributed by atoms with Crippen LogP contribution in [0.1, 0.15) is 29.3 Å². The number of methoxy groups -OCH3 is 2. The lowest BCUT2D eigenvalue weighted by molar-refractivity contribution is -0.116. The fourth-order valence-corrected chi connectivity index (χ4v) is 5.36. The molecule has 0 bridgehead atoms. The van der Waals surface area contributed by atoms with E-state index in [2.05, 4.69) is 16.0 Å². The van der Waals surface area contributed by atoms with Crippen molar-refractivity contribution in [3.63, 3.8) is 0 Å². The molecule has 0 saturated carbocycles. The van der Waals surface area contributed by atoms with Gasteiger partial charge in [-0.3, -0.25) is 14.4 Å². The fraction of sp³-hybridized carbons (Fsp3) is 0.147. The molecule has 3 N–H and O–H groups in total. The van der Waals surface area contributed by atoms with Gasteiger partial charge in [-0.25, -0.2) is 0 Å². The van der Waals surface area contributed by atoms with Crippen LogP contribution in [0.4, 0.5) is 11.4 Å². The minimum atomic E-state index is -0.521. The average Bonchev–Trinajstić information content (AvgIpc) is 3.04. The van der Waals surface area contributed by atoms with Gasteiger partial charge in [0.2, 0.25) is 5.91 Å². The Bertz CT molecular complexity index is 1660. The number of hydrogen-bond donors (Lipinski definition) is 3. The molecule has 0 saturated heterocycles. The summed E-state index contributed by atoms with van der Waals surface area (Å²) in [5.74, 6) is -0.0317. The first-order valence-corrected chi connectivity index (χ1v) is 15.0. The summed E-state index contributed by atoms with van der Waals surface area (Å²) in [5, 5.41) is 8.60. The van der Waals surface area contributed by atoms with Crippen molar-refractivity contribution in [2.45, 2.75) is 23.5 Å². The van der Waals surface area contributed by atoms with Crippen LogP contribution in [-0.4, -0.2) is 37.2 Å². The summed E-state index contributed by atoms with van der Waals surface area (Å²) in [5.41, 5.74) is 2.13. The molecule has 0 aliphatic rings. The highest BCUT2D eigenvalue weighted by molar-refractivity contribution is 8.00. The Hall–Kier alpha value is -4.73. The summed E-state index contributed by atoms with van der Waals surface area (Å²) >= 11 is 7.52. The van der Waals surface area contributed by atoms with Gasteiger partial charge in [0.15, 0.2) is 0 Å². The van der Waals surface area contributed by atoms with Gasteiger partial charge in [0.1, 0.15) is 17.2 Å². The van der Waals surface area contributed by atoms with Crippen molar-refractivity contribution in [3.05, 3.63) is 119 Å². The van der Waals surface area contributed by atoms with Crippen LogP contribution in [0.5, 0.6) is 11.5 Å². The van der Waals surface area contributed by atoms with Crippen LogP contribution >= 0.6 is 23.4 Å². The van der Waals surface area contributed by atoms with Gasteiger partial charge in [-0.2, -0.15) is 0 Å². The molecule has 0 aromatic heterocycles. The van der Waals surface area contributed by atoms with Crippen molar-refractivity contribution in [1.29, 1.82) is 0 Å². The molecule has 4 rings (SSSR count). The van der Waals surface area contributed by atoms with E-state index in [9.17, 15) is 14.4 Å². The van der Waals surface area contributed by atoms with Gasteiger partial charge in [0, 0.05) is 27.2 Å². The van der Waals surface area contributed by atoms with Crippen LogP contribution in [0.2, 0.25) is 5.02 Å². The van der Waals surface area contributed by atoms with Crippen molar-refractivity contribution in [2.75, 3.05) is 24.9 Å². The lowest BCUT2D eigenvalue weighted by atomic mass is 10.1. The Morgan fingerprint density at radius 3 is 2.34 bits per heavy atom. The van der Waals surface area contributed by atoms with E-state index in [1.165, 1.54) is 18.9 Å². The second-order valence-corrected chi connectivity index (χ2v) is 11.2. The van der Waals surface area contributed by atoms with Crippen LogP contribution in [0.15, 0.2) is 108 Å². The first-order chi connectivity index (χ1) is 21.3. The molecule has 4 aromatic carbocycles. The van der Waals surface area contributed by atoms with E-state index in [0.717, 1.165) is 4.90 Å². The molecule has 0 fully saturated rings. The zero-order chi connectivity index (χ0) is 31.5. The van der Waals surface area contributed by atoms with Crippen LogP contribution < -0.4 is 25.4 Å². The maximum absolute atomic E-state index is 13.5. The summed E-state index contributed by atoms with van der Waals surface area (Å²) in [6, 6.07) is 27.9. The molecular formula is C34H32ClN3O5S. The minimum absolute atomic E-state index is 0.0402. The van der Waals surface area contributed by atoms with E-state index >= 15 is 0 Å². The smallest absolute Gasteiger partial charge is 0.272 e. The molecule has 4 aromatic rings. The summed E-state index contributed by atoms with van der Waals surface area (Å²) < 4.78 is 10.6. The second-order valence-electron chi connectivity index (χ2n) is 9.49. The van der Waals surface area contributed by atoms with E-state index in [4.69, 9.17) is 21.1 Å². The van der Waals surface area contributed by atoms with E-state index in [-0.39, 0.29) is 11.6 Å². The first-order valence-electron chi connectivity index (χ1n) is 13.7. The molecule has 10 heteroatoms. The molecule has 1 unspecified atom stereocenters. The number of carbonyl (C=O) groups excluding carboxylic acids is 3. The molecule has 226 valence electrons. The maximum atomic E-state index is 13.5. The Kier molecular flexibility index (Phi) is 11.5. The van der Waals surface area contributed by atoms with Crippen molar-refractivity contribution in [1.82, 2.24) is 5.32 Å². The lowest BCUT2D eigenvalue weighted by Crippen LogP contribution is -2.30. The number of benzene rings is 4. The molecule has 0 heterocycles. The van der Waals surface area contributed by atoms with E-state index in [0.29, 0.717) is 45.4 Å². The number of nitrogens with one attached hydrogen (secondary N) is 3. The SMILES string of the molecule is CCC(Sc1cccc(NC(=O)/C(=C/c2cccc(Cl)c2)NC(=O)c2ccccc2)c1)C(=O)Nc1ccc(OC)cc1OC. The standard InChI is InChI=1S/C34H32ClN3O5S/c1-4-31(34(41)37-28-17-16-26(42-2)21-30(28)43-3)44-27-15-9-14-25(20-27)36-33(40)29(19-22-10-8-13-24(35)18-22)38-32(39)23-11-6-5-7-12-23/h5-21,31H,4H2,1-3H3,(H,36,40)(H,37,41)(H,38,39)/b29-19-. The fourth-order valence-electron chi connectivity index (χ4n) is 4.15. The highest BCUT2D eigenvalue weighted by Gasteiger charge is 2.21. The topological polar surface area (TPSA) is 106 Å². The molecule has 44 heavy (non-hydrogen) atoms. The largest absolute Gasteiger partial charge is 0.497 e. The molecule has 0 aliphatic carbocycles.